The summed E-state index contributed by atoms with van der Waals surface area (Å²) >= 11 is 0. The molecule has 2 rings (SSSR count). The number of aliphatic hydroxyl groups is 1. The van der Waals surface area contributed by atoms with Gasteiger partial charge in [0.1, 0.15) is 11.7 Å². The molecule has 130 valence electrons. The highest BCUT2D eigenvalue weighted by atomic mass is 16.5. The van der Waals surface area contributed by atoms with Crippen molar-refractivity contribution in [1.29, 1.82) is 0 Å². The number of nitrogens with zero attached hydrogens (tertiary/aromatic N) is 3. The van der Waals surface area contributed by atoms with Crippen LogP contribution in [-0.2, 0) is 4.79 Å². The van der Waals surface area contributed by atoms with Crippen LogP contribution in [0.15, 0.2) is 34.4 Å². The number of methoxy groups -OCH3 is 1. The van der Waals surface area contributed by atoms with E-state index in [1.165, 1.54) is 5.01 Å². The van der Waals surface area contributed by atoms with E-state index in [0.717, 1.165) is 35.7 Å². The molecule has 1 N–H and O–H groups in total. The normalized spacial score (nSPS) is 18.1. The molecular formula is C18H25N3O3. The predicted octanol–water partition coefficient (Wildman–Crippen LogP) is 2.66. The van der Waals surface area contributed by atoms with Crippen molar-refractivity contribution in [1.82, 2.24) is 0 Å². The van der Waals surface area contributed by atoms with E-state index in [9.17, 15) is 4.79 Å². The number of amides is 1. The van der Waals surface area contributed by atoms with E-state index < -0.39 is 5.92 Å². The first-order valence-corrected chi connectivity index (χ1v) is 8.29. The van der Waals surface area contributed by atoms with E-state index in [-0.39, 0.29) is 12.5 Å². The zero-order chi connectivity index (χ0) is 17.5. The summed E-state index contributed by atoms with van der Waals surface area (Å²) in [4.78, 5) is 17.3. The fraction of sp³-hybridized carbons (Fsp3) is 0.500. The van der Waals surface area contributed by atoms with E-state index in [1.807, 2.05) is 31.2 Å². The second kappa shape index (κ2) is 8.59. The summed E-state index contributed by atoms with van der Waals surface area (Å²) in [5.74, 6) is 0.265. The van der Waals surface area contributed by atoms with Crippen LogP contribution in [0.5, 0.6) is 5.75 Å². The fourth-order valence-corrected chi connectivity index (χ4v) is 2.70. The molecular weight excluding hydrogens is 306 g/mol. The molecule has 0 aliphatic carbocycles. The fourth-order valence-electron chi connectivity index (χ4n) is 2.70. The lowest BCUT2D eigenvalue weighted by Gasteiger charge is -2.15. The molecule has 1 aromatic rings. The van der Waals surface area contributed by atoms with Gasteiger partial charge >= 0.3 is 0 Å². The van der Waals surface area contributed by atoms with Crippen LogP contribution in [0.1, 0.15) is 33.1 Å². The van der Waals surface area contributed by atoms with Crippen molar-refractivity contribution >= 4 is 23.0 Å². The van der Waals surface area contributed by atoms with E-state index in [4.69, 9.17) is 9.84 Å². The maximum Gasteiger partial charge on any atom is 0.261 e. The predicted molar refractivity (Wildman–Crippen MR) is 96.0 cm³/mol. The lowest BCUT2D eigenvalue weighted by molar-refractivity contribution is -0.118. The van der Waals surface area contributed by atoms with E-state index in [2.05, 4.69) is 17.0 Å². The Morgan fingerprint density at radius 3 is 2.67 bits per heavy atom. The Labute approximate surface area is 142 Å². The van der Waals surface area contributed by atoms with Gasteiger partial charge in [0.2, 0.25) is 0 Å². The van der Waals surface area contributed by atoms with Crippen molar-refractivity contribution < 1.29 is 14.6 Å². The highest BCUT2D eigenvalue weighted by molar-refractivity contribution is 6.28. The Morgan fingerprint density at radius 1 is 1.38 bits per heavy atom. The lowest BCUT2D eigenvalue weighted by atomic mass is 9.95. The molecule has 0 fully saturated rings. The van der Waals surface area contributed by atoms with Crippen LogP contribution in [0, 0.1) is 5.92 Å². The largest absolute Gasteiger partial charge is 0.497 e. The maximum atomic E-state index is 12.9. The van der Waals surface area contributed by atoms with Gasteiger partial charge in [-0.3, -0.25) is 9.79 Å². The van der Waals surface area contributed by atoms with Crippen molar-refractivity contribution in [3.8, 4) is 5.75 Å². The minimum Gasteiger partial charge on any atom is -0.497 e. The molecule has 0 unspecified atom stereocenters. The standard InChI is InChI=1S/C18H25N3O3/c1-4-6-16-17(13(2)19-11-5-12-22)18(23)21(20-16)14-7-9-15(24-3)10-8-14/h7-10,17,22H,4-6,11-12H2,1-3H3/t17-/m0/s1. The van der Waals surface area contributed by atoms with Crippen molar-refractivity contribution in [3.05, 3.63) is 24.3 Å². The summed E-state index contributed by atoms with van der Waals surface area (Å²) in [5.41, 5.74) is 2.33. The number of hydrazone groups is 1. The van der Waals surface area contributed by atoms with Crippen LogP contribution in [0.3, 0.4) is 0 Å². The number of hydrogen-bond acceptors (Lipinski definition) is 5. The molecule has 0 radical (unpaired) electrons. The van der Waals surface area contributed by atoms with Gasteiger partial charge in [0.25, 0.3) is 5.91 Å². The summed E-state index contributed by atoms with van der Waals surface area (Å²) in [5, 5.41) is 14.9. The van der Waals surface area contributed by atoms with Gasteiger partial charge in [-0.1, -0.05) is 13.3 Å². The third-order valence-corrected chi connectivity index (χ3v) is 3.94. The Morgan fingerprint density at radius 2 is 2.08 bits per heavy atom. The van der Waals surface area contributed by atoms with E-state index in [0.29, 0.717) is 13.0 Å². The molecule has 0 saturated heterocycles. The molecule has 1 aromatic carbocycles. The van der Waals surface area contributed by atoms with Gasteiger partial charge in [-0.2, -0.15) is 10.1 Å². The highest BCUT2D eigenvalue weighted by Gasteiger charge is 2.37. The first kappa shape index (κ1) is 18.1. The molecule has 1 aliphatic rings. The average Bonchev–Trinajstić information content (AvgIpc) is 2.92. The molecule has 6 heteroatoms. The van der Waals surface area contributed by atoms with Gasteiger partial charge < -0.3 is 9.84 Å². The molecule has 0 saturated carbocycles. The second-order valence-electron chi connectivity index (χ2n) is 5.72. The molecule has 1 amide bonds. The minimum absolute atomic E-state index is 0.0751. The van der Waals surface area contributed by atoms with Crippen LogP contribution in [0.25, 0.3) is 0 Å². The zero-order valence-electron chi connectivity index (χ0n) is 14.5. The van der Waals surface area contributed by atoms with Crippen molar-refractivity contribution in [3.63, 3.8) is 0 Å². The number of aliphatic imine (C=N–C) groups is 1. The third-order valence-electron chi connectivity index (χ3n) is 3.94. The van der Waals surface area contributed by atoms with Crippen LogP contribution in [0.4, 0.5) is 5.69 Å². The highest BCUT2D eigenvalue weighted by Crippen LogP contribution is 2.28. The number of ether oxygens (including phenoxy) is 1. The van der Waals surface area contributed by atoms with Crippen LogP contribution >= 0.6 is 0 Å². The van der Waals surface area contributed by atoms with Gasteiger partial charge in [0, 0.05) is 18.9 Å². The topological polar surface area (TPSA) is 74.5 Å². The van der Waals surface area contributed by atoms with E-state index >= 15 is 0 Å². The zero-order valence-corrected chi connectivity index (χ0v) is 14.5. The SMILES string of the molecule is CCCC1=NN(c2ccc(OC)cc2)C(=O)[C@H]1C(C)=NCCCO. The quantitative estimate of drug-likeness (QED) is 0.588. The summed E-state index contributed by atoms with van der Waals surface area (Å²) in [6.45, 7) is 4.55. The van der Waals surface area contributed by atoms with Gasteiger partial charge in [-0.15, -0.1) is 0 Å². The summed E-state index contributed by atoms with van der Waals surface area (Å²) in [7, 11) is 1.61. The Balaban J connectivity index is 2.25. The number of rotatable bonds is 8. The van der Waals surface area contributed by atoms with E-state index in [1.54, 1.807) is 7.11 Å². The van der Waals surface area contributed by atoms with Gasteiger partial charge in [-0.05, 0) is 44.0 Å². The average molecular weight is 331 g/mol. The van der Waals surface area contributed by atoms with Gasteiger partial charge in [0.05, 0.1) is 18.5 Å². The number of benzene rings is 1. The molecule has 0 spiro atoms. The van der Waals surface area contributed by atoms with Crippen LogP contribution in [-0.4, -0.2) is 42.7 Å². The number of hydrogen-bond donors (Lipinski definition) is 1. The lowest BCUT2D eigenvalue weighted by Crippen LogP contribution is -2.32. The van der Waals surface area contributed by atoms with Crippen molar-refractivity contribution in [2.24, 2.45) is 16.0 Å². The van der Waals surface area contributed by atoms with Crippen LogP contribution in [0.2, 0.25) is 0 Å². The molecule has 1 aliphatic heterocycles. The first-order valence-electron chi connectivity index (χ1n) is 8.29. The molecule has 24 heavy (non-hydrogen) atoms. The van der Waals surface area contributed by atoms with Gasteiger partial charge in [-0.25, -0.2) is 0 Å². The number of aliphatic hydroxyl groups excluding tert-OH is 1. The molecule has 1 heterocycles. The molecule has 0 aromatic heterocycles. The van der Waals surface area contributed by atoms with Crippen molar-refractivity contribution in [2.45, 2.75) is 33.1 Å². The summed E-state index contributed by atoms with van der Waals surface area (Å²) in [6.07, 6.45) is 2.28. The Bertz CT molecular complexity index is 623. The summed E-state index contributed by atoms with van der Waals surface area (Å²) in [6, 6.07) is 7.27. The third kappa shape index (κ3) is 4.00. The number of carbonyl (C=O) groups excluding carboxylic acids is 1. The van der Waals surface area contributed by atoms with Gasteiger partial charge in [0.15, 0.2) is 0 Å². The number of anilines is 1. The minimum atomic E-state index is -0.397. The molecule has 1 atom stereocenters. The van der Waals surface area contributed by atoms with Crippen LogP contribution < -0.4 is 9.75 Å². The van der Waals surface area contributed by atoms with Crippen molar-refractivity contribution in [2.75, 3.05) is 25.3 Å². The summed E-state index contributed by atoms with van der Waals surface area (Å²) < 4.78 is 5.15. The monoisotopic (exact) mass is 331 g/mol. The first-order chi connectivity index (χ1) is 11.6. The molecule has 6 nitrogen and oxygen atoms in total. The Hall–Kier alpha value is -2.21. The Kier molecular flexibility index (Phi) is 6.49. The molecule has 0 bridgehead atoms. The number of carbonyl (C=O) groups is 1. The maximum absolute atomic E-state index is 12.9. The smallest absolute Gasteiger partial charge is 0.261 e. The second-order valence-corrected chi connectivity index (χ2v) is 5.72.